The highest BCUT2D eigenvalue weighted by Gasteiger charge is 2.27. The zero-order valence-electron chi connectivity index (χ0n) is 13.0. The molecule has 0 unspecified atom stereocenters. The van der Waals surface area contributed by atoms with Crippen LogP contribution in [0.15, 0.2) is 47.8 Å². The van der Waals surface area contributed by atoms with E-state index in [1.165, 1.54) is 11.8 Å². The molecule has 0 radical (unpaired) electrons. The largest absolute Gasteiger partial charge is 0.472 e. The van der Waals surface area contributed by atoms with Gasteiger partial charge >= 0.3 is 0 Å². The maximum absolute atomic E-state index is 12.3. The molecule has 1 aliphatic heterocycles. The number of nitrogens with zero attached hydrogens (tertiary/aromatic N) is 3. The Morgan fingerprint density at radius 1 is 1.35 bits per heavy atom. The third-order valence-electron chi connectivity index (χ3n) is 3.68. The molecule has 0 N–H and O–H groups in total. The van der Waals surface area contributed by atoms with Crippen molar-refractivity contribution in [3.05, 3.63) is 48.4 Å². The van der Waals surface area contributed by atoms with Gasteiger partial charge in [-0.05, 0) is 24.6 Å². The predicted octanol–water partition coefficient (Wildman–Crippen LogP) is 2.56. The number of likely N-dealkylation sites (tertiary alicyclic amines) is 1. The van der Waals surface area contributed by atoms with Crippen molar-refractivity contribution < 1.29 is 9.53 Å². The van der Waals surface area contributed by atoms with Gasteiger partial charge in [0.1, 0.15) is 6.10 Å². The average Bonchev–Trinajstić information content (AvgIpc) is 3.04. The van der Waals surface area contributed by atoms with Crippen LogP contribution in [0.25, 0.3) is 0 Å². The molecule has 0 bridgehead atoms. The molecule has 0 spiro atoms. The maximum atomic E-state index is 12.3. The molecule has 1 saturated heterocycles. The second kappa shape index (κ2) is 7.46. The predicted molar refractivity (Wildman–Crippen MR) is 89.5 cm³/mol. The van der Waals surface area contributed by atoms with Crippen molar-refractivity contribution in [2.75, 3.05) is 18.8 Å². The lowest BCUT2D eigenvalue weighted by atomic mass is 10.3. The molecule has 3 rings (SSSR count). The maximum Gasteiger partial charge on any atom is 0.233 e. The third kappa shape index (κ3) is 4.45. The Bertz CT molecular complexity index is 649. The fourth-order valence-corrected chi connectivity index (χ4v) is 3.20. The van der Waals surface area contributed by atoms with Gasteiger partial charge in [-0.15, -0.1) is 11.8 Å². The van der Waals surface area contributed by atoms with Gasteiger partial charge in [0.05, 0.1) is 12.3 Å². The van der Waals surface area contributed by atoms with Crippen molar-refractivity contribution in [1.29, 1.82) is 0 Å². The highest BCUT2D eigenvalue weighted by molar-refractivity contribution is 8.00. The van der Waals surface area contributed by atoms with Crippen molar-refractivity contribution in [3.8, 4) is 5.88 Å². The van der Waals surface area contributed by atoms with E-state index in [1.807, 2.05) is 36.1 Å². The molecule has 0 aliphatic carbocycles. The Balaban J connectivity index is 1.47. The zero-order chi connectivity index (χ0) is 16.1. The van der Waals surface area contributed by atoms with E-state index in [9.17, 15) is 4.79 Å². The molecule has 1 fully saturated rings. The van der Waals surface area contributed by atoms with Gasteiger partial charge in [0, 0.05) is 42.5 Å². The second-order valence-corrected chi connectivity index (χ2v) is 6.56. The molecule has 0 aromatic carbocycles. The fourth-order valence-electron chi connectivity index (χ4n) is 2.42. The fraction of sp³-hybridized carbons (Fsp3) is 0.353. The lowest BCUT2D eigenvalue weighted by Gasteiger charge is -2.16. The molecule has 2 aromatic rings. The van der Waals surface area contributed by atoms with Crippen LogP contribution in [0, 0.1) is 6.92 Å². The summed E-state index contributed by atoms with van der Waals surface area (Å²) >= 11 is 1.54. The average molecular weight is 329 g/mol. The van der Waals surface area contributed by atoms with Gasteiger partial charge in [-0.2, -0.15) is 0 Å². The van der Waals surface area contributed by atoms with Crippen LogP contribution in [0.1, 0.15) is 12.0 Å². The minimum Gasteiger partial charge on any atom is -0.472 e. The lowest BCUT2D eigenvalue weighted by Crippen LogP contribution is -2.32. The Labute approximate surface area is 140 Å². The number of carbonyl (C=O) groups is 1. The Hall–Kier alpha value is -2.08. The van der Waals surface area contributed by atoms with Gasteiger partial charge in [-0.25, -0.2) is 4.98 Å². The van der Waals surface area contributed by atoms with E-state index in [4.69, 9.17) is 4.74 Å². The third-order valence-corrected chi connectivity index (χ3v) is 4.68. The van der Waals surface area contributed by atoms with E-state index in [0.29, 0.717) is 18.2 Å². The number of pyridine rings is 2. The van der Waals surface area contributed by atoms with Crippen molar-refractivity contribution in [1.82, 2.24) is 14.9 Å². The summed E-state index contributed by atoms with van der Waals surface area (Å²) in [4.78, 5) is 23.4. The molecule has 5 nitrogen and oxygen atoms in total. The first-order valence-electron chi connectivity index (χ1n) is 7.60. The number of ether oxygens (including phenoxy) is 1. The number of thioether (sulfide) groups is 1. The summed E-state index contributed by atoms with van der Waals surface area (Å²) in [6, 6.07) is 7.68. The molecule has 2 aromatic heterocycles. The summed E-state index contributed by atoms with van der Waals surface area (Å²) in [6.07, 6.45) is 6.14. The Morgan fingerprint density at radius 2 is 2.17 bits per heavy atom. The highest BCUT2D eigenvalue weighted by Crippen LogP contribution is 2.20. The van der Waals surface area contributed by atoms with Gasteiger partial charge in [-0.3, -0.25) is 9.78 Å². The molecule has 1 atom stereocenters. The molecular formula is C17H19N3O2S. The van der Waals surface area contributed by atoms with E-state index >= 15 is 0 Å². The van der Waals surface area contributed by atoms with Crippen molar-refractivity contribution >= 4 is 17.7 Å². The SMILES string of the molecule is Cc1ccc(O[C@H]2CCN(C(=O)CSc3ccncc3)C2)nc1. The van der Waals surface area contributed by atoms with Crippen LogP contribution in [0.5, 0.6) is 5.88 Å². The van der Waals surface area contributed by atoms with Crippen LogP contribution in [-0.4, -0.2) is 45.7 Å². The molecule has 120 valence electrons. The number of aryl methyl sites for hydroxylation is 1. The van der Waals surface area contributed by atoms with Crippen molar-refractivity contribution in [2.45, 2.75) is 24.3 Å². The molecule has 1 amide bonds. The Morgan fingerprint density at radius 3 is 2.91 bits per heavy atom. The number of hydrogen-bond acceptors (Lipinski definition) is 5. The van der Waals surface area contributed by atoms with Crippen LogP contribution < -0.4 is 4.74 Å². The monoisotopic (exact) mass is 329 g/mol. The molecule has 3 heterocycles. The molecule has 23 heavy (non-hydrogen) atoms. The standard InChI is InChI=1S/C17H19N3O2S/c1-13-2-3-16(19-10-13)22-14-6-9-20(11-14)17(21)12-23-15-4-7-18-8-5-15/h2-5,7-8,10,14H,6,9,11-12H2,1H3/t14-/m0/s1. The summed E-state index contributed by atoms with van der Waals surface area (Å²) in [6.45, 7) is 3.37. The van der Waals surface area contributed by atoms with Crippen LogP contribution in [0.3, 0.4) is 0 Å². The normalized spacial score (nSPS) is 17.3. The van der Waals surface area contributed by atoms with Crippen molar-refractivity contribution in [3.63, 3.8) is 0 Å². The van der Waals surface area contributed by atoms with E-state index in [1.54, 1.807) is 18.6 Å². The molecule has 1 aliphatic rings. The quantitative estimate of drug-likeness (QED) is 0.789. The number of carbonyl (C=O) groups excluding carboxylic acids is 1. The number of rotatable bonds is 5. The lowest BCUT2D eigenvalue weighted by molar-refractivity contribution is -0.127. The van der Waals surface area contributed by atoms with Crippen LogP contribution >= 0.6 is 11.8 Å². The summed E-state index contributed by atoms with van der Waals surface area (Å²) in [5.74, 6) is 1.22. The summed E-state index contributed by atoms with van der Waals surface area (Å²) in [5.41, 5.74) is 1.11. The smallest absolute Gasteiger partial charge is 0.233 e. The summed E-state index contributed by atoms with van der Waals surface area (Å²) in [7, 11) is 0. The van der Waals surface area contributed by atoms with E-state index in [-0.39, 0.29) is 12.0 Å². The summed E-state index contributed by atoms with van der Waals surface area (Å²) in [5, 5.41) is 0. The van der Waals surface area contributed by atoms with Gasteiger partial charge < -0.3 is 9.64 Å². The number of hydrogen-bond donors (Lipinski definition) is 0. The van der Waals surface area contributed by atoms with E-state index < -0.39 is 0 Å². The number of amides is 1. The van der Waals surface area contributed by atoms with Gasteiger partial charge in [0.15, 0.2) is 0 Å². The second-order valence-electron chi connectivity index (χ2n) is 5.51. The summed E-state index contributed by atoms with van der Waals surface area (Å²) < 4.78 is 5.85. The first-order valence-corrected chi connectivity index (χ1v) is 8.59. The van der Waals surface area contributed by atoms with Crippen LogP contribution in [-0.2, 0) is 4.79 Å². The first-order chi connectivity index (χ1) is 11.2. The molecule has 0 saturated carbocycles. The minimum absolute atomic E-state index is 0.0279. The van der Waals surface area contributed by atoms with Gasteiger partial charge in [-0.1, -0.05) is 6.07 Å². The van der Waals surface area contributed by atoms with Crippen molar-refractivity contribution in [2.24, 2.45) is 0 Å². The van der Waals surface area contributed by atoms with Gasteiger partial charge in [0.2, 0.25) is 11.8 Å². The first kappa shape index (κ1) is 15.8. The molecule has 6 heteroatoms. The van der Waals surface area contributed by atoms with Crippen LogP contribution in [0.2, 0.25) is 0 Å². The van der Waals surface area contributed by atoms with E-state index in [0.717, 1.165) is 23.4 Å². The molecular weight excluding hydrogens is 310 g/mol. The van der Waals surface area contributed by atoms with Gasteiger partial charge in [0.25, 0.3) is 0 Å². The van der Waals surface area contributed by atoms with E-state index in [2.05, 4.69) is 9.97 Å². The highest BCUT2D eigenvalue weighted by atomic mass is 32.2. The Kier molecular flexibility index (Phi) is 5.12. The topological polar surface area (TPSA) is 55.3 Å². The van der Waals surface area contributed by atoms with Crippen LogP contribution in [0.4, 0.5) is 0 Å². The minimum atomic E-state index is 0.0279. The number of aromatic nitrogens is 2. The zero-order valence-corrected chi connectivity index (χ0v) is 13.8.